The van der Waals surface area contributed by atoms with E-state index in [1.54, 1.807) is 6.08 Å². The van der Waals surface area contributed by atoms with E-state index in [4.69, 9.17) is 15.6 Å². The Labute approximate surface area is 113 Å². The van der Waals surface area contributed by atoms with Crippen LogP contribution in [0.2, 0.25) is 0 Å². The summed E-state index contributed by atoms with van der Waals surface area (Å²) in [7, 11) is 0. The molecule has 0 aromatic rings. The molecule has 1 aliphatic carbocycles. The van der Waals surface area contributed by atoms with Gasteiger partial charge in [-0.1, -0.05) is 13.8 Å². The van der Waals surface area contributed by atoms with Crippen LogP contribution in [0.3, 0.4) is 0 Å². The molecule has 1 aliphatic rings. The van der Waals surface area contributed by atoms with Crippen molar-refractivity contribution in [2.24, 2.45) is 5.73 Å². The molecule has 0 unspecified atom stereocenters. The van der Waals surface area contributed by atoms with Crippen LogP contribution >= 0.6 is 0 Å². The van der Waals surface area contributed by atoms with E-state index >= 15 is 0 Å². The van der Waals surface area contributed by atoms with Crippen LogP contribution in [0.25, 0.3) is 0 Å². The van der Waals surface area contributed by atoms with Crippen LogP contribution in [0, 0.1) is 0 Å². The largest absolute Gasteiger partial charge is 0.478 e. The Hall–Kier alpha value is -1.40. The maximum atomic E-state index is 11.1. The van der Waals surface area contributed by atoms with E-state index in [0.29, 0.717) is 6.41 Å². The smallest absolute Gasteiger partial charge is 0.331 e. The summed E-state index contributed by atoms with van der Waals surface area (Å²) in [5.74, 6) is -0.988. The van der Waals surface area contributed by atoms with Crippen LogP contribution in [0.15, 0.2) is 11.6 Å². The molecule has 3 atom stereocenters. The SMILES string of the molecule is CCC(CC)O[C@@H]1C=C(C(=O)O)C[C@H](N)[C@H]1NC=O. The minimum absolute atomic E-state index is 0.0255. The maximum Gasteiger partial charge on any atom is 0.331 e. The first-order valence-corrected chi connectivity index (χ1v) is 6.58. The van der Waals surface area contributed by atoms with Gasteiger partial charge in [0, 0.05) is 11.6 Å². The van der Waals surface area contributed by atoms with E-state index in [-0.39, 0.29) is 24.1 Å². The summed E-state index contributed by atoms with van der Waals surface area (Å²) in [5, 5.41) is 11.7. The van der Waals surface area contributed by atoms with Gasteiger partial charge in [0.25, 0.3) is 0 Å². The van der Waals surface area contributed by atoms with Crippen molar-refractivity contribution in [2.75, 3.05) is 0 Å². The molecule has 0 aliphatic heterocycles. The van der Waals surface area contributed by atoms with Crippen molar-refractivity contribution in [1.82, 2.24) is 5.32 Å². The van der Waals surface area contributed by atoms with Crippen molar-refractivity contribution in [3.63, 3.8) is 0 Å². The third kappa shape index (κ3) is 4.04. The highest BCUT2D eigenvalue weighted by Crippen LogP contribution is 2.22. The van der Waals surface area contributed by atoms with E-state index in [1.165, 1.54) is 0 Å². The summed E-state index contributed by atoms with van der Waals surface area (Å²) in [4.78, 5) is 21.7. The molecule has 0 saturated carbocycles. The molecule has 0 heterocycles. The van der Waals surface area contributed by atoms with Crippen LogP contribution in [-0.4, -0.2) is 41.8 Å². The molecule has 0 aromatic carbocycles. The predicted molar refractivity (Wildman–Crippen MR) is 70.5 cm³/mol. The van der Waals surface area contributed by atoms with E-state index in [9.17, 15) is 9.59 Å². The maximum absolute atomic E-state index is 11.1. The quantitative estimate of drug-likeness (QED) is 0.582. The molecule has 19 heavy (non-hydrogen) atoms. The van der Waals surface area contributed by atoms with Crippen molar-refractivity contribution in [1.29, 1.82) is 0 Å². The fourth-order valence-corrected chi connectivity index (χ4v) is 2.28. The number of ether oxygens (including phenoxy) is 1. The van der Waals surface area contributed by atoms with Gasteiger partial charge in [-0.15, -0.1) is 0 Å². The number of hydrogen-bond donors (Lipinski definition) is 3. The first-order chi connectivity index (χ1) is 9.03. The Balaban J connectivity index is 2.92. The monoisotopic (exact) mass is 270 g/mol. The predicted octanol–water partition coefficient (Wildman–Crippen LogP) is 0.417. The Morgan fingerprint density at radius 1 is 1.63 bits per heavy atom. The number of aliphatic carboxylic acids is 1. The molecule has 4 N–H and O–H groups in total. The zero-order valence-corrected chi connectivity index (χ0v) is 11.3. The summed E-state index contributed by atoms with van der Waals surface area (Å²) in [6.07, 6.45) is 3.54. The Bertz CT molecular complexity index is 353. The third-order valence-electron chi connectivity index (χ3n) is 3.43. The zero-order valence-electron chi connectivity index (χ0n) is 11.3. The lowest BCUT2D eigenvalue weighted by Gasteiger charge is -2.35. The van der Waals surface area contributed by atoms with Crippen LogP contribution < -0.4 is 11.1 Å². The molecule has 0 fully saturated rings. The van der Waals surface area contributed by atoms with Gasteiger partial charge in [-0.3, -0.25) is 4.79 Å². The standard InChI is InChI=1S/C13H22N2O4/c1-3-9(4-2)19-11-6-8(13(17)18)5-10(14)12(11)15-7-16/h6-7,9-12H,3-5,14H2,1-2H3,(H,15,16)(H,17,18)/t10-,11+,12+/m0/s1. The summed E-state index contributed by atoms with van der Waals surface area (Å²) >= 11 is 0. The average Bonchev–Trinajstić information content (AvgIpc) is 2.38. The van der Waals surface area contributed by atoms with Gasteiger partial charge in [0.05, 0.1) is 18.2 Å². The number of hydrogen-bond acceptors (Lipinski definition) is 4. The van der Waals surface area contributed by atoms with Crippen molar-refractivity contribution < 1.29 is 19.4 Å². The summed E-state index contributed by atoms with van der Waals surface area (Å²) in [6, 6.07) is -0.845. The number of carboxylic acids is 1. The van der Waals surface area contributed by atoms with E-state index in [1.807, 2.05) is 13.8 Å². The van der Waals surface area contributed by atoms with Gasteiger partial charge < -0.3 is 20.9 Å². The minimum atomic E-state index is -0.988. The molecule has 0 radical (unpaired) electrons. The Kier molecular flexibility index (Phi) is 5.98. The number of carboxylic acid groups (broad SMARTS) is 1. The third-order valence-corrected chi connectivity index (χ3v) is 3.43. The molecule has 6 nitrogen and oxygen atoms in total. The highest BCUT2D eigenvalue weighted by atomic mass is 16.5. The normalized spacial score (nSPS) is 26.9. The number of carbonyl (C=O) groups excluding carboxylic acids is 1. The molecular formula is C13H22N2O4. The molecule has 0 saturated heterocycles. The fraction of sp³-hybridized carbons (Fsp3) is 0.692. The van der Waals surface area contributed by atoms with Gasteiger partial charge in [-0.25, -0.2) is 4.79 Å². The molecular weight excluding hydrogens is 248 g/mol. The lowest BCUT2D eigenvalue weighted by molar-refractivity contribution is -0.133. The second-order valence-electron chi connectivity index (χ2n) is 4.71. The van der Waals surface area contributed by atoms with Gasteiger partial charge >= 0.3 is 5.97 Å². The molecule has 0 bridgehead atoms. The number of nitrogens with one attached hydrogen (secondary N) is 1. The lowest BCUT2D eigenvalue weighted by atomic mass is 9.88. The van der Waals surface area contributed by atoms with Crippen LogP contribution in [0.1, 0.15) is 33.1 Å². The first-order valence-electron chi connectivity index (χ1n) is 6.58. The van der Waals surface area contributed by atoms with Gasteiger partial charge in [-0.2, -0.15) is 0 Å². The van der Waals surface area contributed by atoms with Gasteiger partial charge in [0.2, 0.25) is 6.41 Å². The van der Waals surface area contributed by atoms with Crippen molar-refractivity contribution in [3.8, 4) is 0 Å². The number of nitrogens with two attached hydrogens (primary N) is 1. The van der Waals surface area contributed by atoms with Gasteiger partial charge in [-0.05, 0) is 25.3 Å². The first kappa shape index (κ1) is 15.7. The molecule has 1 rings (SSSR count). The van der Waals surface area contributed by atoms with E-state index in [0.717, 1.165) is 12.8 Å². The van der Waals surface area contributed by atoms with E-state index in [2.05, 4.69) is 5.32 Å². The number of carbonyl (C=O) groups is 2. The second kappa shape index (κ2) is 7.25. The minimum Gasteiger partial charge on any atom is -0.478 e. The molecule has 6 heteroatoms. The number of amides is 1. The lowest BCUT2D eigenvalue weighted by Crippen LogP contribution is -2.55. The molecule has 1 amide bonds. The molecule has 0 aromatic heterocycles. The van der Waals surface area contributed by atoms with Crippen molar-refractivity contribution >= 4 is 12.4 Å². The highest BCUT2D eigenvalue weighted by molar-refractivity contribution is 5.87. The second-order valence-corrected chi connectivity index (χ2v) is 4.71. The molecule has 0 spiro atoms. The van der Waals surface area contributed by atoms with E-state index < -0.39 is 18.1 Å². The fourth-order valence-electron chi connectivity index (χ4n) is 2.28. The van der Waals surface area contributed by atoms with Gasteiger partial charge in [0.1, 0.15) is 0 Å². The van der Waals surface area contributed by atoms with Crippen LogP contribution in [0.5, 0.6) is 0 Å². The summed E-state index contributed by atoms with van der Waals surface area (Å²) in [6.45, 7) is 4.00. The molecule has 108 valence electrons. The van der Waals surface area contributed by atoms with Crippen LogP contribution in [0.4, 0.5) is 0 Å². The highest BCUT2D eigenvalue weighted by Gasteiger charge is 2.34. The number of rotatable bonds is 7. The average molecular weight is 270 g/mol. The van der Waals surface area contributed by atoms with Gasteiger partial charge in [0.15, 0.2) is 0 Å². The summed E-state index contributed by atoms with van der Waals surface area (Å²) < 4.78 is 5.86. The zero-order chi connectivity index (χ0) is 14.4. The topological polar surface area (TPSA) is 102 Å². The Morgan fingerprint density at radius 2 is 2.26 bits per heavy atom. The van der Waals surface area contributed by atoms with Crippen LogP contribution in [-0.2, 0) is 14.3 Å². The van der Waals surface area contributed by atoms with Crippen molar-refractivity contribution in [2.45, 2.75) is 57.4 Å². The summed E-state index contributed by atoms with van der Waals surface area (Å²) in [5.41, 5.74) is 6.18. The van der Waals surface area contributed by atoms with Crippen molar-refractivity contribution in [3.05, 3.63) is 11.6 Å². The Morgan fingerprint density at radius 3 is 2.74 bits per heavy atom.